The lowest BCUT2D eigenvalue weighted by molar-refractivity contribution is 0.990. The van der Waals surface area contributed by atoms with Crippen molar-refractivity contribution in [3.8, 4) is 0 Å². The summed E-state index contributed by atoms with van der Waals surface area (Å²) in [5.41, 5.74) is 2.51. The Hall–Kier alpha value is -0.720. The summed E-state index contributed by atoms with van der Waals surface area (Å²) in [5.74, 6) is 0. The Morgan fingerprint density at radius 1 is 1.00 bits per heavy atom. The Balaban J connectivity index is 0. The van der Waals surface area contributed by atoms with E-state index in [1.807, 2.05) is 27.8 Å². The molecule has 0 radical (unpaired) electrons. The van der Waals surface area contributed by atoms with E-state index in [9.17, 15) is 0 Å². The highest BCUT2D eigenvalue weighted by atomic mass is 14.8. The Morgan fingerprint density at radius 3 is 1.73 bits per heavy atom. The van der Waals surface area contributed by atoms with Crippen LogP contribution in [0.4, 0.5) is 0 Å². The zero-order valence-electron chi connectivity index (χ0n) is 8.65. The Bertz CT molecular complexity index is 128. The Morgan fingerprint density at radius 2 is 1.45 bits per heavy atom. The van der Waals surface area contributed by atoms with Gasteiger partial charge in [0.1, 0.15) is 0 Å². The fraction of sp³-hybridized carbons (Fsp3) is 0.600. The van der Waals surface area contributed by atoms with E-state index in [-0.39, 0.29) is 0 Å². The zero-order chi connectivity index (χ0) is 9.28. The van der Waals surface area contributed by atoms with Crippen LogP contribution in [0.15, 0.2) is 23.4 Å². The summed E-state index contributed by atoms with van der Waals surface area (Å²) >= 11 is 0. The van der Waals surface area contributed by atoms with E-state index in [0.717, 1.165) is 0 Å². The van der Waals surface area contributed by atoms with Crippen molar-refractivity contribution in [2.75, 3.05) is 7.05 Å². The summed E-state index contributed by atoms with van der Waals surface area (Å²) in [6.07, 6.45) is 4.15. The summed E-state index contributed by atoms with van der Waals surface area (Å²) < 4.78 is 0. The van der Waals surface area contributed by atoms with Crippen LogP contribution >= 0.6 is 0 Å². The molecule has 0 amide bonds. The molecule has 66 valence electrons. The Labute approximate surface area is 71.2 Å². The molecule has 1 heteroatoms. The number of hydrogen-bond acceptors (Lipinski definition) is 1. The Kier molecular flexibility index (Phi) is 10.9. The van der Waals surface area contributed by atoms with Crippen molar-refractivity contribution in [1.29, 1.82) is 0 Å². The second kappa shape index (κ2) is 9.28. The summed E-state index contributed by atoms with van der Waals surface area (Å²) in [4.78, 5) is 0. The maximum atomic E-state index is 3.04. The molecular formula is C10H21N. The largest absolute Gasteiger partial charge is 0.392 e. The standard InChI is InChI=1S/C8H15N.C2H6/c1-7(2)5-6-8(3)9-4;1-2/h5-6,9H,1-4H3;1-2H3/b8-6+;. The summed E-state index contributed by atoms with van der Waals surface area (Å²) in [6, 6.07) is 0. The highest BCUT2D eigenvalue weighted by Gasteiger charge is 1.76. The third-order valence-corrected chi connectivity index (χ3v) is 1.06. The first-order chi connectivity index (χ1) is 5.16. The fourth-order valence-electron chi connectivity index (χ4n) is 0.375. The molecule has 0 aliphatic carbocycles. The lowest BCUT2D eigenvalue weighted by atomic mass is 10.3. The van der Waals surface area contributed by atoms with Crippen LogP contribution in [-0.2, 0) is 0 Å². The lowest BCUT2D eigenvalue weighted by Gasteiger charge is -1.94. The van der Waals surface area contributed by atoms with E-state index >= 15 is 0 Å². The van der Waals surface area contributed by atoms with Gasteiger partial charge in [0, 0.05) is 12.7 Å². The molecule has 0 aliphatic heterocycles. The number of rotatable bonds is 2. The van der Waals surface area contributed by atoms with Crippen molar-refractivity contribution in [2.24, 2.45) is 0 Å². The summed E-state index contributed by atoms with van der Waals surface area (Å²) in [5, 5.41) is 3.04. The first kappa shape index (κ1) is 12.9. The molecule has 0 spiro atoms. The summed E-state index contributed by atoms with van der Waals surface area (Å²) in [7, 11) is 1.92. The molecule has 0 aromatic heterocycles. The van der Waals surface area contributed by atoms with Crippen LogP contribution in [0.5, 0.6) is 0 Å². The van der Waals surface area contributed by atoms with E-state index in [0.29, 0.717) is 0 Å². The molecule has 1 nitrogen and oxygen atoms in total. The van der Waals surface area contributed by atoms with Gasteiger partial charge in [0.25, 0.3) is 0 Å². The fourth-order valence-corrected chi connectivity index (χ4v) is 0.375. The van der Waals surface area contributed by atoms with Gasteiger partial charge in [0.05, 0.1) is 0 Å². The molecular weight excluding hydrogens is 134 g/mol. The third kappa shape index (κ3) is 12.5. The second-order valence-corrected chi connectivity index (χ2v) is 2.34. The van der Waals surface area contributed by atoms with Crippen LogP contribution in [0.25, 0.3) is 0 Å². The van der Waals surface area contributed by atoms with Crippen LogP contribution in [0.1, 0.15) is 34.6 Å². The molecule has 0 aromatic rings. The minimum atomic E-state index is 1.19. The van der Waals surface area contributed by atoms with Crippen molar-refractivity contribution >= 4 is 0 Å². The maximum Gasteiger partial charge on any atom is 0.00724 e. The molecule has 0 aromatic carbocycles. The third-order valence-electron chi connectivity index (χ3n) is 1.06. The average molecular weight is 155 g/mol. The van der Waals surface area contributed by atoms with Crippen LogP contribution < -0.4 is 5.32 Å². The van der Waals surface area contributed by atoms with Crippen LogP contribution in [0.2, 0.25) is 0 Å². The van der Waals surface area contributed by atoms with Crippen molar-refractivity contribution in [3.63, 3.8) is 0 Å². The molecule has 0 saturated carbocycles. The molecule has 0 unspecified atom stereocenters. The maximum absolute atomic E-state index is 3.04. The molecule has 0 bridgehead atoms. The van der Waals surface area contributed by atoms with E-state index < -0.39 is 0 Å². The van der Waals surface area contributed by atoms with Gasteiger partial charge >= 0.3 is 0 Å². The predicted molar refractivity (Wildman–Crippen MR) is 53.6 cm³/mol. The normalized spacial score (nSPS) is 9.45. The number of hydrogen-bond donors (Lipinski definition) is 1. The van der Waals surface area contributed by atoms with E-state index in [4.69, 9.17) is 0 Å². The van der Waals surface area contributed by atoms with Gasteiger partial charge < -0.3 is 5.32 Å². The average Bonchev–Trinajstić information content (AvgIpc) is 2.04. The quantitative estimate of drug-likeness (QED) is 0.604. The highest BCUT2D eigenvalue weighted by Crippen LogP contribution is 1.91. The van der Waals surface area contributed by atoms with Gasteiger partial charge in [0.2, 0.25) is 0 Å². The van der Waals surface area contributed by atoms with Crippen molar-refractivity contribution < 1.29 is 0 Å². The molecule has 0 atom stereocenters. The minimum absolute atomic E-state index is 1.19. The van der Waals surface area contributed by atoms with Crippen molar-refractivity contribution in [1.82, 2.24) is 5.32 Å². The molecule has 1 N–H and O–H groups in total. The van der Waals surface area contributed by atoms with Gasteiger partial charge in [-0.2, -0.15) is 0 Å². The highest BCUT2D eigenvalue weighted by molar-refractivity contribution is 5.12. The lowest BCUT2D eigenvalue weighted by Crippen LogP contribution is -2.00. The van der Waals surface area contributed by atoms with Crippen molar-refractivity contribution in [3.05, 3.63) is 23.4 Å². The van der Waals surface area contributed by atoms with Gasteiger partial charge in [-0.15, -0.1) is 0 Å². The molecule has 0 aliphatic rings. The van der Waals surface area contributed by atoms with Gasteiger partial charge in [0.15, 0.2) is 0 Å². The molecule has 11 heavy (non-hydrogen) atoms. The molecule has 0 rings (SSSR count). The van der Waals surface area contributed by atoms with E-state index in [1.54, 1.807) is 0 Å². The second-order valence-electron chi connectivity index (χ2n) is 2.34. The van der Waals surface area contributed by atoms with Gasteiger partial charge in [-0.1, -0.05) is 25.5 Å². The van der Waals surface area contributed by atoms with Gasteiger partial charge in [-0.25, -0.2) is 0 Å². The van der Waals surface area contributed by atoms with Gasteiger partial charge in [-0.05, 0) is 26.8 Å². The smallest absolute Gasteiger partial charge is 0.00724 e. The molecule has 0 saturated heterocycles. The van der Waals surface area contributed by atoms with Gasteiger partial charge in [-0.3, -0.25) is 0 Å². The number of allylic oxidation sites excluding steroid dienone is 4. The molecule has 0 heterocycles. The van der Waals surface area contributed by atoms with E-state index in [2.05, 4.69) is 31.3 Å². The van der Waals surface area contributed by atoms with Crippen molar-refractivity contribution in [2.45, 2.75) is 34.6 Å². The van der Waals surface area contributed by atoms with Crippen LogP contribution in [-0.4, -0.2) is 7.05 Å². The predicted octanol–water partition coefficient (Wildman–Crippen LogP) is 3.10. The zero-order valence-corrected chi connectivity index (χ0v) is 8.65. The monoisotopic (exact) mass is 155 g/mol. The topological polar surface area (TPSA) is 12.0 Å². The van der Waals surface area contributed by atoms with Crippen LogP contribution in [0, 0.1) is 0 Å². The summed E-state index contributed by atoms with van der Waals surface area (Å²) in [6.45, 7) is 10.2. The molecule has 0 fully saturated rings. The first-order valence-corrected chi connectivity index (χ1v) is 4.16. The SMILES string of the molecule is CC.CN/C(C)=C/C=C(C)C. The first-order valence-electron chi connectivity index (χ1n) is 4.16. The van der Waals surface area contributed by atoms with Crippen LogP contribution in [0.3, 0.4) is 0 Å². The minimum Gasteiger partial charge on any atom is -0.392 e. The number of nitrogens with one attached hydrogen (secondary N) is 1. The van der Waals surface area contributed by atoms with E-state index in [1.165, 1.54) is 11.3 Å².